The van der Waals surface area contributed by atoms with Gasteiger partial charge in [0.05, 0.1) is 25.5 Å². The molecule has 120 valence electrons. The molecule has 0 saturated carbocycles. The Labute approximate surface area is 134 Å². The van der Waals surface area contributed by atoms with Crippen molar-refractivity contribution in [1.82, 2.24) is 9.55 Å². The molecule has 0 bridgehead atoms. The minimum absolute atomic E-state index is 0.0777. The van der Waals surface area contributed by atoms with Crippen LogP contribution < -0.4 is 0 Å². The summed E-state index contributed by atoms with van der Waals surface area (Å²) < 4.78 is 12.2. The van der Waals surface area contributed by atoms with Gasteiger partial charge in [-0.3, -0.25) is 4.79 Å². The fraction of sp³-hybridized carbons (Fsp3) is 0.353. The molecule has 0 amide bonds. The van der Waals surface area contributed by atoms with Gasteiger partial charge in [0.1, 0.15) is 11.5 Å². The minimum Gasteiger partial charge on any atom is -0.442 e. The van der Waals surface area contributed by atoms with E-state index in [1.165, 1.54) is 6.20 Å². The summed E-state index contributed by atoms with van der Waals surface area (Å²) in [6, 6.07) is 9.74. The molecule has 1 atom stereocenters. The van der Waals surface area contributed by atoms with Crippen LogP contribution in [0, 0.1) is 6.92 Å². The van der Waals surface area contributed by atoms with Crippen LogP contribution in [0.2, 0.25) is 0 Å². The average Bonchev–Trinajstić information content (AvgIpc) is 2.92. The number of carbonyl (C=O) groups is 2. The normalized spacial score (nSPS) is 17.1. The van der Waals surface area contributed by atoms with Gasteiger partial charge in [-0.15, -0.1) is 0 Å². The highest BCUT2D eigenvalue weighted by atomic mass is 16.6. The Kier molecular flexibility index (Phi) is 4.00. The van der Waals surface area contributed by atoms with Crippen molar-refractivity contribution < 1.29 is 19.1 Å². The monoisotopic (exact) mass is 314 g/mol. The summed E-state index contributed by atoms with van der Waals surface area (Å²) in [4.78, 5) is 27.9. The van der Waals surface area contributed by atoms with E-state index in [1.807, 2.05) is 48.7 Å². The van der Waals surface area contributed by atoms with Crippen molar-refractivity contribution in [1.29, 1.82) is 0 Å². The van der Waals surface area contributed by atoms with Gasteiger partial charge in [-0.1, -0.05) is 30.3 Å². The Morgan fingerprint density at radius 2 is 2.09 bits per heavy atom. The molecule has 3 rings (SSSR count). The highest BCUT2D eigenvalue weighted by Gasteiger charge is 2.43. The number of imidazole rings is 1. The largest absolute Gasteiger partial charge is 0.442 e. The van der Waals surface area contributed by atoms with E-state index in [0.717, 1.165) is 5.56 Å². The molecule has 1 unspecified atom stereocenters. The maximum absolute atomic E-state index is 12.5. The first-order chi connectivity index (χ1) is 11.1. The lowest BCUT2D eigenvalue weighted by molar-refractivity contribution is -0.179. The lowest BCUT2D eigenvalue weighted by Gasteiger charge is -2.35. The molecule has 1 fully saturated rings. The van der Waals surface area contributed by atoms with Crippen LogP contribution in [0.4, 0.5) is 0 Å². The minimum atomic E-state index is -1.16. The molecule has 2 heterocycles. The number of rotatable bonds is 5. The second-order valence-electron chi connectivity index (χ2n) is 5.71. The molecule has 1 aromatic heterocycles. The summed E-state index contributed by atoms with van der Waals surface area (Å²) in [6.07, 6.45) is 2.11. The number of benzene rings is 1. The molecule has 0 spiro atoms. The summed E-state index contributed by atoms with van der Waals surface area (Å²) >= 11 is 0. The second-order valence-corrected chi connectivity index (χ2v) is 5.71. The van der Waals surface area contributed by atoms with Crippen molar-refractivity contribution in [2.24, 2.45) is 0 Å². The van der Waals surface area contributed by atoms with Crippen molar-refractivity contribution in [2.45, 2.75) is 25.5 Å². The van der Waals surface area contributed by atoms with E-state index in [4.69, 9.17) is 9.47 Å². The Hall–Kier alpha value is -2.47. The van der Waals surface area contributed by atoms with Crippen LogP contribution in [0.15, 0.2) is 36.5 Å². The van der Waals surface area contributed by atoms with Crippen LogP contribution in [0.3, 0.4) is 0 Å². The average molecular weight is 314 g/mol. The number of aldehydes is 1. The Morgan fingerprint density at radius 1 is 1.39 bits per heavy atom. The molecule has 6 nitrogen and oxygen atoms in total. The van der Waals surface area contributed by atoms with Crippen LogP contribution in [0.5, 0.6) is 0 Å². The zero-order valence-electron chi connectivity index (χ0n) is 13.1. The van der Waals surface area contributed by atoms with Crippen molar-refractivity contribution in [2.75, 3.05) is 13.2 Å². The number of nitrogens with zero attached hydrogens (tertiary/aromatic N) is 2. The predicted molar refractivity (Wildman–Crippen MR) is 82.2 cm³/mol. The van der Waals surface area contributed by atoms with Crippen LogP contribution >= 0.6 is 0 Å². The highest BCUT2D eigenvalue weighted by Crippen LogP contribution is 2.25. The molecular formula is C17H18N2O4. The molecule has 1 aromatic carbocycles. The molecule has 0 aliphatic carbocycles. The van der Waals surface area contributed by atoms with Gasteiger partial charge in [-0.2, -0.15) is 0 Å². The van der Waals surface area contributed by atoms with E-state index in [2.05, 4.69) is 4.98 Å². The predicted octanol–water partition coefficient (Wildman–Crippen LogP) is 1.93. The second kappa shape index (κ2) is 5.96. The fourth-order valence-corrected chi connectivity index (χ4v) is 2.67. The van der Waals surface area contributed by atoms with Gasteiger partial charge in [0.2, 0.25) is 5.60 Å². The smallest absolute Gasteiger partial charge is 0.357 e. The molecule has 0 radical (unpaired) electrons. The van der Waals surface area contributed by atoms with E-state index >= 15 is 0 Å². The third kappa shape index (κ3) is 2.77. The van der Waals surface area contributed by atoms with E-state index in [9.17, 15) is 9.59 Å². The molecule has 0 N–H and O–H groups in total. The number of hydrogen-bond donors (Lipinski definition) is 0. The first-order valence-corrected chi connectivity index (χ1v) is 7.42. The van der Waals surface area contributed by atoms with Crippen LogP contribution in [-0.2, 0) is 14.3 Å². The van der Waals surface area contributed by atoms with E-state index in [0.29, 0.717) is 17.8 Å². The number of carbonyl (C=O) groups excluding carboxylic acids is 2. The Morgan fingerprint density at radius 3 is 2.65 bits per heavy atom. The molecular weight excluding hydrogens is 296 g/mol. The molecule has 2 aromatic rings. The summed E-state index contributed by atoms with van der Waals surface area (Å²) in [7, 11) is 0. The number of hydrogen-bond acceptors (Lipinski definition) is 5. The van der Waals surface area contributed by atoms with Gasteiger partial charge in [-0.25, -0.2) is 9.78 Å². The SMILES string of the molecule is Cc1ncc(C(=O)OC2(C=O)COC2)n1C(C)c1ccccc1. The lowest BCUT2D eigenvalue weighted by Crippen LogP contribution is -2.54. The van der Waals surface area contributed by atoms with E-state index in [-0.39, 0.29) is 19.3 Å². The quantitative estimate of drug-likeness (QED) is 0.623. The zero-order chi connectivity index (χ0) is 16.4. The topological polar surface area (TPSA) is 70.4 Å². The Balaban J connectivity index is 1.89. The maximum Gasteiger partial charge on any atom is 0.357 e. The summed E-state index contributed by atoms with van der Waals surface area (Å²) in [5, 5.41) is 0. The number of aromatic nitrogens is 2. The molecule has 1 aliphatic rings. The number of ether oxygens (including phenoxy) is 2. The third-order valence-corrected chi connectivity index (χ3v) is 4.06. The lowest BCUT2D eigenvalue weighted by atomic mass is 10.0. The zero-order valence-corrected chi connectivity index (χ0v) is 13.1. The molecule has 1 saturated heterocycles. The molecule has 23 heavy (non-hydrogen) atoms. The summed E-state index contributed by atoms with van der Waals surface area (Å²) in [5.74, 6) is 0.141. The van der Waals surface area contributed by atoms with Gasteiger partial charge >= 0.3 is 5.97 Å². The van der Waals surface area contributed by atoms with Crippen molar-refractivity contribution in [3.05, 3.63) is 53.6 Å². The van der Waals surface area contributed by atoms with E-state index in [1.54, 1.807) is 0 Å². The van der Waals surface area contributed by atoms with E-state index < -0.39 is 11.6 Å². The van der Waals surface area contributed by atoms with Gasteiger partial charge in [-0.05, 0) is 19.4 Å². The van der Waals surface area contributed by atoms with Gasteiger partial charge in [0.15, 0.2) is 6.29 Å². The summed E-state index contributed by atoms with van der Waals surface area (Å²) in [6.45, 7) is 4.02. The van der Waals surface area contributed by atoms with Crippen molar-refractivity contribution in [3.63, 3.8) is 0 Å². The van der Waals surface area contributed by atoms with Gasteiger partial charge in [0.25, 0.3) is 0 Å². The number of aryl methyl sites for hydroxylation is 1. The maximum atomic E-state index is 12.5. The van der Waals surface area contributed by atoms with Gasteiger partial charge < -0.3 is 14.0 Å². The molecule has 1 aliphatic heterocycles. The fourth-order valence-electron chi connectivity index (χ4n) is 2.67. The molecule has 6 heteroatoms. The number of esters is 1. The standard InChI is InChI=1S/C17H18N2O4/c1-12(14-6-4-3-5-7-14)19-13(2)18-8-15(19)16(21)23-17(9-20)10-22-11-17/h3-9,12H,10-11H2,1-2H3. The van der Waals surface area contributed by atoms with Crippen molar-refractivity contribution >= 4 is 12.3 Å². The van der Waals surface area contributed by atoms with Crippen LogP contribution in [0.25, 0.3) is 0 Å². The van der Waals surface area contributed by atoms with Crippen LogP contribution in [-0.4, -0.2) is 40.6 Å². The van der Waals surface area contributed by atoms with Crippen molar-refractivity contribution in [3.8, 4) is 0 Å². The summed E-state index contributed by atoms with van der Waals surface area (Å²) in [5.41, 5.74) is 0.225. The van der Waals surface area contributed by atoms with Gasteiger partial charge in [0, 0.05) is 0 Å². The highest BCUT2D eigenvalue weighted by molar-refractivity contribution is 5.89. The van der Waals surface area contributed by atoms with Crippen LogP contribution in [0.1, 0.15) is 34.8 Å². The Bertz CT molecular complexity index is 719. The first-order valence-electron chi connectivity index (χ1n) is 7.42. The first kappa shape index (κ1) is 15.4. The third-order valence-electron chi connectivity index (χ3n) is 4.06.